The second-order valence-electron chi connectivity index (χ2n) is 3.13. The van der Waals surface area contributed by atoms with Gasteiger partial charge in [0.2, 0.25) is 0 Å². The fourth-order valence-corrected chi connectivity index (χ4v) is 3.31. The van der Waals surface area contributed by atoms with Gasteiger partial charge < -0.3 is 15.2 Å². The molecule has 11 heteroatoms. The molecule has 0 bridgehead atoms. The third kappa shape index (κ3) is 5.02. The number of carbonyl (C=O) groups is 2. The number of ether oxygens (including phenoxy) is 2. The van der Waals surface area contributed by atoms with Crippen LogP contribution in [-0.2, 0) is 9.47 Å². The van der Waals surface area contributed by atoms with Crippen LogP contribution in [0.5, 0.6) is 0 Å². The number of rotatable bonds is 2. The molecule has 0 radical (unpaired) electrons. The molecule has 0 fully saturated rings. The predicted molar refractivity (Wildman–Crippen MR) is 86.7 cm³/mol. The summed E-state index contributed by atoms with van der Waals surface area (Å²) in [4.78, 5) is 29.2. The highest BCUT2D eigenvalue weighted by Crippen LogP contribution is 2.26. The zero-order chi connectivity index (χ0) is 16.0. The van der Waals surface area contributed by atoms with E-state index < -0.39 is 11.9 Å². The molecule has 0 aliphatic heterocycles. The summed E-state index contributed by atoms with van der Waals surface area (Å²) in [7, 11) is 2.62. The lowest BCUT2D eigenvalue weighted by molar-refractivity contribution is 0.0585. The van der Waals surface area contributed by atoms with Crippen LogP contribution >= 0.6 is 54.5 Å². The minimum atomic E-state index is -0.482. The molecule has 0 aliphatic carbocycles. The standard InChI is InChI=1S/C5H5BrN2O2S.C5H4BrNO2S/c1-10-4(9)2-3(6)11-5(7)8-2;1-9-5(8)3-4(6)10-2-7-3/h1H3,(H2,7,8);2H,1H3. The quantitative estimate of drug-likeness (QED) is 0.689. The van der Waals surface area contributed by atoms with Gasteiger partial charge in [-0.15, -0.1) is 11.3 Å². The van der Waals surface area contributed by atoms with Crippen LogP contribution in [0.3, 0.4) is 0 Å². The number of esters is 2. The Balaban J connectivity index is 0.000000211. The Morgan fingerprint density at radius 2 is 1.71 bits per heavy atom. The summed E-state index contributed by atoms with van der Waals surface area (Å²) < 4.78 is 10.2. The van der Waals surface area contributed by atoms with Crippen LogP contribution in [0.1, 0.15) is 21.0 Å². The van der Waals surface area contributed by atoms with Gasteiger partial charge in [-0.3, -0.25) is 0 Å². The fourth-order valence-electron chi connectivity index (χ4n) is 1.00. The minimum Gasteiger partial charge on any atom is -0.464 e. The number of hydrogen-bond acceptors (Lipinski definition) is 9. The SMILES string of the molecule is COC(=O)c1nc(N)sc1Br.COC(=O)c1ncsc1Br. The molecular formula is C10H9Br2N3O4S2. The molecule has 114 valence electrons. The molecule has 7 nitrogen and oxygen atoms in total. The monoisotopic (exact) mass is 457 g/mol. The summed E-state index contributed by atoms with van der Waals surface area (Å²) in [5.41, 5.74) is 7.49. The van der Waals surface area contributed by atoms with Gasteiger partial charge in [-0.2, -0.15) is 0 Å². The first-order valence-corrected chi connectivity index (χ1v) is 8.36. The van der Waals surface area contributed by atoms with E-state index in [1.807, 2.05) is 0 Å². The van der Waals surface area contributed by atoms with Gasteiger partial charge in [0.25, 0.3) is 0 Å². The molecule has 0 unspecified atom stereocenters. The van der Waals surface area contributed by atoms with Gasteiger partial charge in [0, 0.05) is 0 Å². The number of aromatic nitrogens is 2. The lowest BCUT2D eigenvalue weighted by Gasteiger charge is -1.92. The zero-order valence-electron chi connectivity index (χ0n) is 10.8. The average Bonchev–Trinajstić information content (AvgIpc) is 3.03. The van der Waals surface area contributed by atoms with Gasteiger partial charge in [-0.05, 0) is 31.9 Å². The van der Waals surface area contributed by atoms with Gasteiger partial charge in [-0.25, -0.2) is 19.6 Å². The third-order valence-corrected chi connectivity index (χ3v) is 4.97. The summed E-state index contributed by atoms with van der Waals surface area (Å²) >= 11 is 8.84. The molecular weight excluding hydrogens is 450 g/mol. The molecule has 0 atom stereocenters. The Labute approximate surface area is 144 Å². The number of carbonyl (C=O) groups excluding carboxylic acids is 2. The first-order chi connectivity index (χ1) is 9.90. The van der Waals surface area contributed by atoms with E-state index >= 15 is 0 Å². The highest BCUT2D eigenvalue weighted by molar-refractivity contribution is 9.11. The normalized spacial score (nSPS) is 9.52. The Morgan fingerprint density at radius 3 is 2.10 bits per heavy atom. The largest absolute Gasteiger partial charge is 0.464 e. The smallest absolute Gasteiger partial charge is 0.358 e. The number of nitrogen functional groups attached to an aromatic ring is 1. The summed E-state index contributed by atoms with van der Waals surface area (Å²) in [5, 5.41) is 0.345. The Kier molecular flexibility index (Phi) is 7.22. The lowest BCUT2D eigenvalue weighted by Crippen LogP contribution is -2.02. The van der Waals surface area contributed by atoms with E-state index in [4.69, 9.17) is 5.73 Å². The zero-order valence-corrected chi connectivity index (χ0v) is 15.6. The van der Waals surface area contributed by atoms with Crippen molar-refractivity contribution in [2.75, 3.05) is 20.0 Å². The Morgan fingerprint density at radius 1 is 1.14 bits per heavy atom. The molecule has 2 aromatic rings. The third-order valence-electron chi connectivity index (χ3n) is 1.88. The number of halogens is 2. The topological polar surface area (TPSA) is 104 Å². The van der Waals surface area contributed by atoms with Crippen molar-refractivity contribution < 1.29 is 19.1 Å². The summed E-state index contributed by atoms with van der Waals surface area (Å²) in [6, 6.07) is 0. The van der Waals surface area contributed by atoms with Crippen LogP contribution in [0.2, 0.25) is 0 Å². The van der Waals surface area contributed by atoms with Gasteiger partial charge in [0.05, 0.1) is 19.7 Å². The molecule has 2 N–H and O–H groups in total. The highest BCUT2D eigenvalue weighted by Gasteiger charge is 2.15. The van der Waals surface area contributed by atoms with Crippen LogP contribution < -0.4 is 5.73 Å². The molecule has 0 spiro atoms. The fraction of sp³-hybridized carbons (Fsp3) is 0.200. The molecule has 2 heterocycles. The summed E-state index contributed by atoms with van der Waals surface area (Å²) in [6.45, 7) is 0. The second kappa shape index (κ2) is 8.41. The van der Waals surface area contributed by atoms with E-state index in [0.29, 0.717) is 18.4 Å². The first-order valence-electron chi connectivity index (χ1n) is 5.08. The van der Waals surface area contributed by atoms with Crippen molar-refractivity contribution in [2.24, 2.45) is 0 Å². The van der Waals surface area contributed by atoms with E-state index in [2.05, 4.69) is 51.3 Å². The molecule has 21 heavy (non-hydrogen) atoms. The second-order valence-corrected chi connectivity index (χ2v) is 7.65. The summed E-state index contributed by atoms with van der Waals surface area (Å²) in [6.07, 6.45) is 0. The average molecular weight is 459 g/mol. The van der Waals surface area contributed by atoms with Crippen molar-refractivity contribution in [1.82, 2.24) is 9.97 Å². The van der Waals surface area contributed by atoms with E-state index in [0.717, 1.165) is 0 Å². The molecule has 0 aliphatic rings. The van der Waals surface area contributed by atoms with Gasteiger partial charge in [0.15, 0.2) is 16.5 Å². The van der Waals surface area contributed by atoms with Crippen molar-refractivity contribution in [3.05, 3.63) is 24.5 Å². The predicted octanol–water partition coefficient (Wildman–Crippen LogP) is 2.97. The van der Waals surface area contributed by atoms with E-state index in [1.54, 1.807) is 5.51 Å². The highest BCUT2D eigenvalue weighted by atomic mass is 79.9. The molecule has 0 saturated heterocycles. The van der Waals surface area contributed by atoms with Crippen molar-refractivity contribution in [1.29, 1.82) is 0 Å². The number of anilines is 1. The van der Waals surface area contributed by atoms with Gasteiger partial charge in [-0.1, -0.05) is 11.3 Å². The molecule has 2 rings (SSSR count). The Bertz CT molecular complexity index is 644. The number of thiazole rings is 2. The van der Waals surface area contributed by atoms with Gasteiger partial charge in [0.1, 0.15) is 7.57 Å². The van der Waals surface area contributed by atoms with Crippen molar-refractivity contribution in [2.45, 2.75) is 0 Å². The molecule has 0 amide bonds. The van der Waals surface area contributed by atoms with Crippen LogP contribution in [0.25, 0.3) is 0 Å². The minimum absolute atomic E-state index is 0.231. The Hall–Kier alpha value is -1.04. The molecule has 2 aromatic heterocycles. The van der Waals surface area contributed by atoms with Gasteiger partial charge >= 0.3 is 11.9 Å². The van der Waals surface area contributed by atoms with Crippen LogP contribution in [0.15, 0.2) is 13.1 Å². The molecule has 0 aromatic carbocycles. The maximum Gasteiger partial charge on any atom is 0.358 e. The van der Waals surface area contributed by atoms with Crippen molar-refractivity contribution in [3.63, 3.8) is 0 Å². The number of nitrogens with two attached hydrogens (primary N) is 1. The number of hydrogen-bond donors (Lipinski definition) is 1. The van der Waals surface area contributed by atoms with Crippen LogP contribution in [0.4, 0.5) is 5.13 Å². The van der Waals surface area contributed by atoms with E-state index in [9.17, 15) is 9.59 Å². The van der Waals surface area contributed by atoms with E-state index in [-0.39, 0.29) is 5.69 Å². The van der Waals surface area contributed by atoms with Crippen molar-refractivity contribution in [3.8, 4) is 0 Å². The van der Waals surface area contributed by atoms with Crippen molar-refractivity contribution >= 4 is 71.6 Å². The number of nitrogens with zero attached hydrogens (tertiary/aromatic N) is 2. The van der Waals surface area contributed by atoms with Crippen LogP contribution in [-0.4, -0.2) is 36.1 Å². The summed E-state index contributed by atoms with van der Waals surface area (Å²) in [5.74, 6) is -0.891. The maximum atomic E-state index is 10.9. The van der Waals surface area contributed by atoms with E-state index in [1.165, 1.54) is 36.9 Å². The van der Waals surface area contributed by atoms with Crippen LogP contribution in [0, 0.1) is 0 Å². The lowest BCUT2D eigenvalue weighted by atomic mass is 10.5. The first kappa shape index (κ1) is 18.0. The maximum absolute atomic E-state index is 10.9. The molecule has 0 saturated carbocycles. The number of methoxy groups -OCH3 is 2.